The SMILES string of the molecule is NS(=O)(=O)c1ccccc1NC(=S)N=Nc1c(O)n(Cc2ccc3ccccc3c2)c2ccc(OC(F)(F)F)cc12. The summed E-state index contributed by atoms with van der Waals surface area (Å²) in [4.78, 5) is -0.235. The van der Waals surface area contributed by atoms with Crippen LogP contribution in [0.25, 0.3) is 21.7 Å². The largest absolute Gasteiger partial charge is 0.573 e. The Morgan fingerprint density at radius 2 is 1.71 bits per heavy atom. The maximum atomic E-state index is 12.9. The molecule has 0 saturated heterocycles. The van der Waals surface area contributed by atoms with Gasteiger partial charge in [-0.05, 0) is 65.0 Å². The van der Waals surface area contributed by atoms with Crippen LogP contribution in [0.5, 0.6) is 11.6 Å². The van der Waals surface area contributed by atoms with Crippen LogP contribution in [0.15, 0.2) is 100 Å². The molecule has 0 aliphatic carbocycles. The van der Waals surface area contributed by atoms with E-state index in [1.165, 1.54) is 28.8 Å². The fraction of sp³-hybridized carbons (Fsp3) is 0.0741. The molecule has 0 bridgehead atoms. The Bertz CT molecular complexity index is 1940. The first-order chi connectivity index (χ1) is 19.4. The molecule has 0 amide bonds. The van der Waals surface area contributed by atoms with E-state index in [0.29, 0.717) is 5.52 Å². The third kappa shape index (κ3) is 6.29. The fourth-order valence-corrected chi connectivity index (χ4v) is 5.18. The van der Waals surface area contributed by atoms with Crippen LogP contribution < -0.4 is 15.2 Å². The molecule has 0 saturated carbocycles. The lowest BCUT2D eigenvalue weighted by atomic mass is 10.1. The molecule has 0 radical (unpaired) electrons. The molecular weight excluding hydrogens is 579 g/mol. The van der Waals surface area contributed by atoms with Crippen LogP contribution in [0.4, 0.5) is 24.5 Å². The van der Waals surface area contributed by atoms with Gasteiger partial charge in [0.25, 0.3) is 0 Å². The highest BCUT2D eigenvalue weighted by atomic mass is 32.2. The summed E-state index contributed by atoms with van der Waals surface area (Å²) >= 11 is 5.17. The van der Waals surface area contributed by atoms with E-state index >= 15 is 0 Å². The zero-order valence-electron chi connectivity index (χ0n) is 20.8. The van der Waals surface area contributed by atoms with Gasteiger partial charge in [-0.3, -0.25) is 0 Å². The number of nitrogens with two attached hydrogens (primary N) is 1. The number of azo groups is 1. The number of benzene rings is 4. The van der Waals surface area contributed by atoms with Crippen LogP contribution in [0, 0.1) is 0 Å². The third-order valence-electron chi connectivity index (χ3n) is 6.05. The van der Waals surface area contributed by atoms with Crippen molar-refractivity contribution in [2.24, 2.45) is 15.4 Å². The smallest absolute Gasteiger partial charge is 0.493 e. The molecule has 1 aromatic heterocycles. The highest BCUT2D eigenvalue weighted by molar-refractivity contribution is 7.89. The van der Waals surface area contributed by atoms with Gasteiger partial charge in [-0.25, -0.2) is 13.6 Å². The van der Waals surface area contributed by atoms with Crippen LogP contribution in [0.3, 0.4) is 0 Å². The zero-order valence-corrected chi connectivity index (χ0v) is 22.5. The van der Waals surface area contributed by atoms with Crippen molar-refractivity contribution in [1.82, 2.24) is 4.57 Å². The summed E-state index contributed by atoms with van der Waals surface area (Å²) in [6.07, 6.45) is -4.94. The summed E-state index contributed by atoms with van der Waals surface area (Å²) in [7, 11) is -4.09. The minimum atomic E-state index is -4.94. The lowest BCUT2D eigenvalue weighted by Gasteiger charge is -2.10. The van der Waals surface area contributed by atoms with E-state index in [1.807, 2.05) is 42.5 Å². The molecule has 5 aromatic rings. The quantitative estimate of drug-likeness (QED) is 0.149. The first-order valence-corrected chi connectivity index (χ1v) is 13.8. The van der Waals surface area contributed by atoms with Crippen molar-refractivity contribution in [1.29, 1.82) is 0 Å². The molecule has 0 spiro atoms. The average Bonchev–Trinajstić information content (AvgIpc) is 3.15. The van der Waals surface area contributed by atoms with Gasteiger partial charge >= 0.3 is 6.36 Å². The first-order valence-electron chi connectivity index (χ1n) is 11.8. The number of rotatable bonds is 6. The number of halogens is 3. The number of hydrogen-bond donors (Lipinski definition) is 3. The standard InChI is InChI=1S/C27H20F3N5O4S2/c28-27(29,30)39-19-11-12-22-20(14-19)24(33-34-26(40)32-21-7-3-4-8-23(21)41(31,37)38)25(36)35(22)15-16-9-10-17-5-1-2-6-18(17)13-16/h1-14,36H,15H2,(H,32,40)(H2,31,37,38). The molecular formula is C27H20F3N5O4S2. The van der Waals surface area contributed by atoms with Crippen molar-refractivity contribution in [2.45, 2.75) is 17.8 Å². The third-order valence-corrected chi connectivity index (χ3v) is 7.20. The summed E-state index contributed by atoms with van der Waals surface area (Å²) < 4.78 is 68.0. The monoisotopic (exact) mass is 599 g/mol. The number of nitrogens with one attached hydrogen (secondary N) is 1. The van der Waals surface area contributed by atoms with Crippen molar-refractivity contribution in [3.05, 3.63) is 90.5 Å². The summed E-state index contributed by atoms with van der Waals surface area (Å²) in [6.45, 7) is 0.159. The molecule has 0 unspecified atom stereocenters. The molecule has 0 atom stereocenters. The molecule has 14 heteroatoms. The zero-order chi connectivity index (χ0) is 29.4. The molecule has 1 heterocycles. The molecule has 41 heavy (non-hydrogen) atoms. The molecule has 0 aliphatic heterocycles. The van der Waals surface area contributed by atoms with E-state index < -0.39 is 22.1 Å². The molecule has 5 rings (SSSR count). The van der Waals surface area contributed by atoms with Gasteiger partial charge < -0.3 is 19.7 Å². The average molecular weight is 600 g/mol. The number of ether oxygens (including phenoxy) is 1. The van der Waals surface area contributed by atoms with Gasteiger partial charge in [0.15, 0.2) is 5.69 Å². The second-order valence-corrected chi connectivity index (χ2v) is 10.8. The topological polar surface area (TPSA) is 131 Å². The second-order valence-electron chi connectivity index (χ2n) is 8.84. The van der Waals surface area contributed by atoms with Crippen LogP contribution in [-0.2, 0) is 16.6 Å². The van der Waals surface area contributed by atoms with E-state index in [0.717, 1.165) is 28.5 Å². The van der Waals surface area contributed by atoms with Crippen LogP contribution >= 0.6 is 12.2 Å². The minimum absolute atomic E-state index is 0.0442. The van der Waals surface area contributed by atoms with Gasteiger partial charge in [-0.15, -0.1) is 23.4 Å². The van der Waals surface area contributed by atoms with Crippen LogP contribution in [0.2, 0.25) is 0 Å². The van der Waals surface area contributed by atoms with Gasteiger partial charge in [-0.2, -0.15) is 0 Å². The Labute approximate surface area is 236 Å². The number of fused-ring (bicyclic) bond motifs is 2. The Balaban J connectivity index is 1.53. The van der Waals surface area contributed by atoms with Crippen molar-refractivity contribution < 1.29 is 31.4 Å². The Morgan fingerprint density at radius 1 is 1.00 bits per heavy atom. The van der Waals surface area contributed by atoms with E-state index in [2.05, 4.69) is 20.3 Å². The van der Waals surface area contributed by atoms with Gasteiger partial charge in [0.05, 0.1) is 17.7 Å². The molecule has 4 aromatic carbocycles. The summed E-state index contributed by atoms with van der Waals surface area (Å²) in [5.74, 6) is -0.902. The molecule has 9 nitrogen and oxygen atoms in total. The first kappa shape index (κ1) is 28.0. The Hall–Kier alpha value is -4.53. The maximum Gasteiger partial charge on any atom is 0.573 e. The number of alkyl halides is 3. The van der Waals surface area contributed by atoms with E-state index in [-0.39, 0.29) is 39.2 Å². The van der Waals surface area contributed by atoms with Gasteiger partial charge in [0.1, 0.15) is 10.6 Å². The van der Waals surface area contributed by atoms with Crippen molar-refractivity contribution in [3.63, 3.8) is 0 Å². The van der Waals surface area contributed by atoms with E-state index in [4.69, 9.17) is 17.4 Å². The highest BCUT2D eigenvalue weighted by Crippen LogP contribution is 2.42. The highest BCUT2D eigenvalue weighted by Gasteiger charge is 2.31. The van der Waals surface area contributed by atoms with Crippen LogP contribution in [0.1, 0.15) is 5.56 Å². The molecule has 210 valence electrons. The number of hydrogen-bond acceptors (Lipinski definition) is 6. The van der Waals surface area contributed by atoms with Crippen LogP contribution in [-0.4, -0.2) is 29.6 Å². The van der Waals surface area contributed by atoms with Gasteiger partial charge in [0.2, 0.25) is 21.0 Å². The van der Waals surface area contributed by atoms with Gasteiger partial charge in [-0.1, -0.05) is 48.5 Å². The number of anilines is 1. The number of aromatic hydroxyl groups is 1. The minimum Gasteiger partial charge on any atom is -0.493 e. The molecule has 4 N–H and O–H groups in total. The maximum absolute atomic E-state index is 12.9. The number of para-hydroxylation sites is 1. The van der Waals surface area contributed by atoms with Crippen molar-refractivity contribution in [3.8, 4) is 11.6 Å². The predicted molar refractivity (Wildman–Crippen MR) is 152 cm³/mol. The number of primary sulfonamides is 1. The molecule has 0 fully saturated rings. The lowest BCUT2D eigenvalue weighted by molar-refractivity contribution is -0.274. The Morgan fingerprint density at radius 3 is 2.44 bits per heavy atom. The van der Waals surface area contributed by atoms with Crippen molar-refractivity contribution in [2.75, 3.05) is 5.32 Å². The number of aromatic nitrogens is 1. The molecule has 0 aliphatic rings. The predicted octanol–water partition coefficient (Wildman–Crippen LogP) is 6.58. The summed E-state index contributed by atoms with van der Waals surface area (Å²) in [5, 5.41) is 28.7. The number of thiocarbonyl (C=S) groups is 1. The Kier molecular flexibility index (Phi) is 7.38. The normalized spacial score (nSPS) is 12.3. The van der Waals surface area contributed by atoms with Crippen molar-refractivity contribution >= 4 is 60.4 Å². The van der Waals surface area contributed by atoms with E-state index in [9.17, 15) is 26.7 Å². The lowest BCUT2D eigenvalue weighted by Crippen LogP contribution is -2.17. The summed E-state index contributed by atoms with van der Waals surface area (Å²) in [5.41, 5.74) is 1.05. The van der Waals surface area contributed by atoms with Gasteiger partial charge in [0, 0.05) is 5.39 Å². The second kappa shape index (κ2) is 10.8. The van der Waals surface area contributed by atoms with E-state index in [1.54, 1.807) is 6.07 Å². The summed E-state index contributed by atoms with van der Waals surface area (Å²) in [6, 6.07) is 22.7. The number of sulfonamides is 1. The fourth-order valence-electron chi connectivity index (χ4n) is 4.33. The number of nitrogens with zero attached hydrogens (tertiary/aromatic N) is 3.